The summed E-state index contributed by atoms with van der Waals surface area (Å²) in [5.41, 5.74) is 6.00. The van der Waals surface area contributed by atoms with Gasteiger partial charge in [0.1, 0.15) is 11.2 Å². The molecule has 8 aromatic carbocycles. The molecule has 0 saturated heterocycles. The minimum atomic E-state index is -4.12. The van der Waals surface area contributed by atoms with Crippen LogP contribution in [0.15, 0.2) is 240 Å². The van der Waals surface area contributed by atoms with Gasteiger partial charge in [0.15, 0.2) is 0 Å². The summed E-state index contributed by atoms with van der Waals surface area (Å²) in [6.45, 7) is 4.92. The number of aryl methyl sites for hydroxylation is 2. The maximum atomic E-state index is 15.3. The molecule has 8 aromatic rings. The van der Waals surface area contributed by atoms with Gasteiger partial charge in [-0.25, -0.2) is 16.8 Å². The Morgan fingerprint density at radius 2 is 0.618 bits per heavy atom. The van der Waals surface area contributed by atoms with Crippen LogP contribution >= 0.6 is 0 Å². The molecule has 1 aliphatic carbocycles. The van der Waals surface area contributed by atoms with Crippen molar-refractivity contribution in [3.05, 3.63) is 275 Å². The van der Waals surface area contributed by atoms with Crippen molar-refractivity contribution >= 4 is 20.0 Å². The maximum absolute atomic E-state index is 15.3. The summed E-state index contributed by atoms with van der Waals surface area (Å²) in [6.07, 6.45) is 4.63. The lowest BCUT2D eigenvalue weighted by Crippen LogP contribution is -2.56. The molecule has 76 heavy (non-hydrogen) atoms. The minimum Gasteiger partial charge on any atom is -0.361 e. The van der Waals surface area contributed by atoms with E-state index in [1.54, 1.807) is 32.9 Å². The molecule has 1 fully saturated rings. The molecule has 9 rings (SSSR count). The van der Waals surface area contributed by atoms with Gasteiger partial charge in [0, 0.05) is 38.4 Å². The van der Waals surface area contributed by atoms with Crippen LogP contribution in [0.2, 0.25) is 0 Å². The summed E-state index contributed by atoms with van der Waals surface area (Å²) in [5, 5.41) is 0. The van der Waals surface area contributed by atoms with Crippen molar-refractivity contribution in [3.63, 3.8) is 0 Å². The van der Waals surface area contributed by atoms with Crippen molar-refractivity contribution in [2.45, 2.75) is 98.3 Å². The summed E-state index contributed by atoms with van der Waals surface area (Å²) in [5.74, 6) is 0. The van der Waals surface area contributed by atoms with Crippen molar-refractivity contribution < 1.29 is 26.3 Å². The Bertz CT molecular complexity index is 2840. The van der Waals surface area contributed by atoms with Crippen molar-refractivity contribution in [3.8, 4) is 0 Å². The van der Waals surface area contributed by atoms with Crippen molar-refractivity contribution in [2.75, 3.05) is 26.3 Å². The quantitative estimate of drug-likeness (QED) is 0.0442. The number of hydrogen-bond acceptors (Lipinski definition) is 6. The molecule has 0 heterocycles. The first-order chi connectivity index (χ1) is 37.0. The van der Waals surface area contributed by atoms with Crippen LogP contribution < -0.4 is 0 Å². The second kappa shape index (κ2) is 25.1. The van der Waals surface area contributed by atoms with E-state index >= 15 is 16.8 Å². The monoisotopic (exact) mass is 1050 g/mol. The summed E-state index contributed by atoms with van der Waals surface area (Å²) in [4.78, 5) is 0.387. The molecule has 1 saturated carbocycles. The standard InChI is InChI=1S/C66H70N2O6S2/c1-53-41-45-61(46-42-53)75(69,70)67(49-23-25-51-73-65(55-27-9-3-10-28-55,56-29-11-4-12-30-56)57-31-13-5-14-32-57)63-39-21-22-40-64(63)68(76(71,72)62-47-43-54(2)44-48-62)50-24-26-52-74-66(58-33-15-6-16-34-58,59-35-17-7-18-36-59)60-37-19-8-20-38-60/h3-20,27-38,41-48,63-64H,21-26,39-40,49-52H2,1-2H3/t63-,64-/m1/s1. The Hall–Kier alpha value is -6.50. The molecule has 0 N–H and O–H groups in total. The fourth-order valence-corrected chi connectivity index (χ4v) is 14.6. The van der Waals surface area contributed by atoms with E-state index in [1.807, 2.05) is 147 Å². The largest absolute Gasteiger partial charge is 0.361 e. The third-order valence-electron chi connectivity index (χ3n) is 15.0. The van der Waals surface area contributed by atoms with Gasteiger partial charge in [-0.2, -0.15) is 8.61 Å². The molecule has 10 heteroatoms. The van der Waals surface area contributed by atoms with Gasteiger partial charge < -0.3 is 9.47 Å². The van der Waals surface area contributed by atoms with E-state index in [0.717, 1.165) is 57.3 Å². The van der Waals surface area contributed by atoms with Crippen LogP contribution in [0, 0.1) is 13.8 Å². The number of benzene rings is 8. The molecule has 1 aliphatic rings. The lowest BCUT2D eigenvalue weighted by molar-refractivity contribution is 0.00921. The smallest absolute Gasteiger partial charge is 0.243 e. The fourth-order valence-electron chi connectivity index (χ4n) is 11.1. The van der Waals surface area contributed by atoms with Crippen LogP contribution in [-0.2, 0) is 40.7 Å². The highest BCUT2D eigenvalue weighted by Crippen LogP contribution is 2.43. The topological polar surface area (TPSA) is 93.2 Å². The summed E-state index contributed by atoms with van der Waals surface area (Å²) in [6, 6.07) is 74.2. The molecule has 0 radical (unpaired) electrons. The van der Waals surface area contributed by atoms with Gasteiger partial charge in [-0.1, -0.05) is 230 Å². The first kappa shape index (κ1) is 54.3. The number of rotatable bonds is 24. The van der Waals surface area contributed by atoms with E-state index in [1.165, 1.54) is 0 Å². The van der Waals surface area contributed by atoms with Gasteiger partial charge >= 0.3 is 0 Å². The normalized spacial score (nSPS) is 15.5. The molecule has 0 spiro atoms. The lowest BCUT2D eigenvalue weighted by Gasteiger charge is -2.44. The molecule has 0 aliphatic heterocycles. The molecule has 0 unspecified atom stereocenters. The first-order valence-corrected chi connectivity index (χ1v) is 29.7. The second-order valence-electron chi connectivity index (χ2n) is 19.9. The highest BCUT2D eigenvalue weighted by atomic mass is 32.2. The Balaban J connectivity index is 1.01. The number of nitrogens with zero attached hydrogens (tertiary/aromatic N) is 2. The zero-order valence-electron chi connectivity index (χ0n) is 43.7. The van der Waals surface area contributed by atoms with Crippen LogP contribution in [0.25, 0.3) is 0 Å². The minimum absolute atomic E-state index is 0.183. The van der Waals surface area contributed by atoms with Crippen molar-refractivity contribution in [2.24, 2.45) is 0 Å². The third-order valence-corrected chi connectivity index (χ3v) is 18.8. The van der Waals surface area contributed by atoms with Gasteiger partial charge in [-0.3, -0.25) is 0 Å². The van der Waals surface area contributed by atoms with Crippen LogP contribution in [0.1, 0.15) is 95.9 Å². The van der Waals surface area contributed by atoms with E-state index in [2.05, 4.69) is 72.8 Å². The first-order valence-electron chi connectivity index (χ1n) is 26.8. The Morgan fingerprint density at radius 1 is 0.368 bits per heavy atom. The van der Waals surface area contributed by atoms with E-state index in [0.29, 0.717) is 51.7 Å². The average Bonchev–Trinajstić information content (AvgIpc) is 3.47. The van der Waals surface area contributed by atoms with Gasteiger partial charge in [0.05, 0.1) is 9.79 Å². The Morgan fingerprint density at radius 3 is 0.868 bits per heavy atom. The predicted octanol–water partition coefficient (Wildman–Crippen LogP) is 13.9. The van der Waals surface area contributed by atoms with Crippen molar-refractivity contribution in [1.82, 2.24) is 8.61 Å². The number of hydrogen-bond donors (Lipinski definition) is 0. The molecule has 2 atom stereocenters. The highest BCUT2D eigenvalue weighted by Gasteiger charge is 2.44. The zero-order chi connectivity index (χ0) is 52.9. The molecule has 392 valence electrons. The second-order valence-corrected chi connectivity index (χ2v) is 23.7. The van der Waals surface area contributed by atoms with Crippen molar-refractivity contribution in [1.29, 1.82) is 0 Å². The van der Waals surface area contributed by atoms with Gasteiger partial charge in [0.25, 0.3) is 0 Å². The fraction of sp³-hybridized carbons (Fsp3) is 0.273. The van der Waals surface area contributed by atoms with E-state index in [-0.39, 0.29) is 22.9 Å². The highest BCUT2D eigenvalue weighted by molar-refractivity contribution is 7.89. The molecule has 8 nitrogen and oxygen atoms in total. The average molecular weight is 1050 g/mol. The van der Waals surface area contributed by atoms with Gasteiger partial charge in [-0.15, -0.1) is 0 Å². The zero-order valence-corrected chi connectivity index (χ0v) is 45.4. The van der Waals surface area contributed by atoms with E-state index in [9.17, 15) is 0 Å². The van der Waals surface area contributed by atoms with Crippen LogP contribution in [-0.4, -0.2) is 63.8 Å². The molecule has 0 aromatic heterocycles. The van der Waals surface area contributed by atoms with Gasteiger partial charge in [0.2, 0.25) is 20.0 Å². The molecule has 0 amide bonds. The Labute approximate surface area is 452 Å². The molecular weight excluding hydrogens is 981 g/mol. The maximum Gasteiger partial charge on any atom is 0.243 e. The summed E-state index contributed by atoms with van der Waals surface area (Å²) >= 11 is 0. The number of ether oxygens (including phenoxy) is 2. The SMILES string of the molecule is Cc1ccc(S(=O)(=O)N(CCCCOC(c2ccccc2)(c2ccccc2)c2ccccc2)[C@@H]2CCCC[C@H]2N(CCCCOC(c2ccccc2)(c2ccccc2)c2ccccc2)S(=O)(=O)c2ccc(C)cc2)cc1. The lowest BCUT2D eigenvalue weighted by atomic mass is 9.80. The van der Waals surface area contributed by atoms with Crippen LogP contribution in [0.3, 0.4) is 0 Å². The van der Waals surface area contributed by atoms with E-state index < -0.39 is 43.3 Å². The molecular formula is C66H70N2O6S2. The van der Waals surface area contributed by atoms with E-state index in [4.69, 9.17) is 9.47 Å². The summed E-state index contributed by atoms with van der Waals surface area (Å²) in [7, 11) is -8.24. The van der Waals surface area contributed by atoms with Crippen LogP contribution in [0.5, 0.6) is 0 Å². The predicted molar refractivity (Wildman–Crippen MR) is 305 cm³/mol. The number of unbranched alkanes of at least 4 members (excludes halogenated alkanes) is 2. The number of sulfonamides is 2. The van der Waals surface area contributed by atoms with Crippen LogP contribution in [0.4, 0.5) is 0 Å². The third kappa shape index (κ3) is 11.9. The molecule has 0 bridgehead atoms. The summed E-state index contributed by atoms with van der Waals surface area (Å²) < 4.78 is 78.8. The van der Waals surface area contributed by atoms with Gasteiger partial charge in [-0.05, 0) is 110 Å². The Kier molecular flexibility index (Phi) is 17.9.